The number of amides is 1. The van der Waals surface area contributed by atoms with E-state index in [1.54, 1.807) is 13.2 Å². The molecule has 0 saturated carbocycles. The third-order valence-electron chi connectivity index (χ3n) is 3.59. The predicted molar refractivity (Wildman–Crippen MR) is 93.1 cm³/mol. The van der Waals surface area contributed by atoms with Gasteiger partial charge in [0.25, 0.3) is 5.91 Å². The molecule has 0 radical (unpaired) electrons. The molecule has 3 aromatic rings. The Morgan fingerprint density at radius 1 is 1.17 bits per heavy atom. The minimum absolute atomic E-state index is 0.396. The number of carbonyl (C=O) groups is 1. The van der Waals surface area contributed by atoms with Gasteiger partial charge in [-0.2, -0.15) is 0 Å². The number of nitrogens with one attached hydrogen (secondary N) is 2. The molecule has 0 aliphatic carbocycles. The van der Waals surface area contributed by atoms with Crippen molar-refractivity contribution in [3.8, 4) is 17.0 Å². The van der Waals surface area contributed by atoms with Crippen LogP contribution in [0.25, 0.3) is 22.2 Å². The van der Waals surface area contributed by atoms with E-state index in [1.807, 2.05) is 48.5 Å². The van der Waals surface area contributed by atoms with Crippen LogP contribution in [0.3, 0.4) is 0 Å². The summed E-state index contributed by atoms with van der Waals surface area (Å²) in [7, 11) is 1.60. The molecule has 0 saturated heterocycles. The zero-order valence-electron chi connectivity index (χ0n) is 13.0. The predicted octanol–water partition coefficient (Wildman–Crippen LogP) is 2.53. The van der Waals surface area contributed by atoms with Crippen molar-refractivity contribution in [2.24, 2.45) is 5.73 Å². The highest BCUT2D eigenvalue weighted by Gasteiger charge is 2.14. The molecule has 0 bridgehead atoms. The summed E-state index contributed by atoms with van der Waals surface area (Å²) in [5, 5.41) is 10.3. The summed E-state index contributed by atoms with van der Waals surface area (Å²) in [5.41, 5.74) is 7.91. The first-order valence-electron chi connectivity index (χ1n) is 7.28. The first kappa shape index (κ1) is 15.5. The Labute approximate surface area is 138 Å². The zero-order valence-corrected chi connectivity index (χ0v) is 13.0. The van der Waals surface area contributed by atoms with Gasteiger partial charge in [0.15, 0.2) is 5.96 Å². The van der Waals surface area contributed by atoms with Crippen LogP contribution in [0.2, 0.25) is 0 Å². The molecular formula is C18H16N4O2. The largest absolute Gasteiger partial charge is 0.497 e. The lowest BCUT2D eigenvalue weighted by molar-refractivity contribution is 0.0978. The molecule has 3 rings (SSSR count). The second-order valence-corrected chi connectivity index (χ2v) is 5.17. The molecule has 24 heavy (non-hydrogen) atoms. The Kier molecular flexibility index (Phi) is 4.11. The lowest BCUT2D eigenvalue weighted by atomic mass is 10.0. The fourth-order valence-electron chi connectivity index (χ4n) is 2.46. The number of methoxy groups -OCH3 is 1. The molecule has 4 N–H and O–H groups in total. The fourth-order valence-corrected chi connectivity index (χ4v) is 2.46. The monoisotopic (exact) mass is 320 g/mol. The van der Waals surface area contributed by atoms with Gasteiger partial charge in [0.2, 0.25) is 0 Å². The maximum absolute atomic E-state index is 12.4. The Morgan fingerprint density at radius 3 is 2.54 bits per heavy atom. The average molecular weight is 320 g/mol. The summed E-state index contributed by atoms with van der Waals surface area (Å²) in [6.45, 7) is 0. The van der Waals surface area contributed by atoms with E-state index in [9.17, 15) is 4.79 Å². The van der Waals surface area contributed by atoms with Crippen molar-refractivity contribution in [2.75, 3.05) is 7.11 Å². The van der Waals surface area contributed by atoms with E-state index in [4.69, 9.17) is 15.9 Å². The second-order valence-electron chi connectivity index (χ2n) is 5.17. The van der Waals surface area contributed by atoms with Crippen LogP contribution >= 0.6 is 0 Å². The number of para-hydroxylation sites is 1. The summed E-state index contributed by atoms with van der Waals surface area (Å²) in [6.07, 6.45) is 0. The van der Waals surface area contributed by atoms with Gasteiger partial charge in [0.1, 0.15) is 5.75 Å². The molecule has 0 fully saturated rings. The lowest BCUT2D eigenvalue weighted by Crippen LogP contribution is -2.35. The molecule has 1 heterocycles. The van der Waals surface area contributed by atoms with Crippen molar-refractivity contribution in [1.29, 1.82) is 5.41 Å². The number of pyridine rings is 1. The van der Waals surface area contributed by atoms with Gasteiger partial charge in [0, 0.05) is 10.9 Å². The lowest BCUT2D eigenvalue weighted by Gasteiger charge is -2.10. The molecule has 0 unspecified atom stereocenters. The minimum Gasteiger partial charge on any atom is -0.497 e. The summed E-state index contributed by atoms with van der Waals surface area (Å²) < 4.78 is 5.16. The highest BCUT2D eigenvalue weighted by molar-refractivity contribution is 6.12. The van der Waals surface area contributed by atoms with Crippen LogP contribution < -0.4 is 15.8 Å². The van der Waals surface area contributed by atoms with E-state index in [2.05, 4.69) is 10.3 Å². The molecule has 0 spiro atoms. The Balaban J connectivity index is 2.15. The summed E-state index contributed by atoms with van der Waals surface area (Å²) in [6, 6.07) is 16.5. The van der Waals surface area contributed by atoms with Gasteiger partial charge in [-0.15, -0.1) is 0 Å². The highest BCUT2D eigenvalue weighted by atomic mass is 16.5. The van der Waals surface area contributed by atoms with Gasteiger partial charge in [-0.05, 0) is 36.4 Å². The average Bonchev–Trinajstić information content (AvgIpc) is 2.60. The van der Waals surface area contributed by atoms with Crippen LogP contribution in [0.1, 0.15) is 10.4 Å². The molecule has 6 nitrogen and oxygen atoms in total. The second kappa shape index (κ2) is 6.37. The van der Waals surface area contributed by atoms with Crippen LogP contribution in [0, 0.1) is 5.41 Å². The number of aromatic nitrogens is 1. The molecule has 6 heteroatoms. The molecule has 1 amide bonds. The first-order chi connectivity index (χ1) is 11.6. The Hall–Kier alpha value is -3.41. The number of hydrogen-bond acceptors (Lipinski definition) is 4. The molecule has 2 aromatic carbocycles. The van der Waals surface area contributed by atoms with Gasteiger partial charge in [0.05, 0.1) is 23.9 Å². The molecule has 1 aromatic heterocycles. The summed E-state index contributed by atoms with van der Waals surface area (Å²) >= 11 is 0. The van der Waals surface area contributed by atoms with E-state index < -0.39 is 11.9 Å². The topological polar surface area (TPSA) is 101 Å². The van der Waals surface area contributed by atoms with Crippen molar-refractivity contribution < 1.29 is 9.53 Å². The number of guanidine groups is 1. The normalized spacial score (nSPS) is 10.4. The molecule has 0 aliphatic rings. The number of hydrogen-bond donors (Lipinski definition) is 3. The maximum atomic E-state index is 12.4. The zero-order chi connectivity index (χ0) is 17.1. The van der Waals surface area contributed by atoms with Crippen LogP contribution in [-0.2, 0) is 0 Å². The quantitative estimate of drug-likeness (QED) is 0.510. The van der Waals surface area contributed by atoms with E-state index in [1.165, 1.54) is 0 Å². The van der Waals surface area contributed by atoms with Crippen molar-refractivity contribution in [2.45, 2.75) is 0 Å². The van der Waals surface area contributed by atoms with E-state index >= 15 is 0 Å². The third-order valence-corrected chi connectivity index (χ3v) is 3.59. The van der Waals surface area contributed by atoms with Crippen LogP contribution in [-0.4, -0.2) is 24.0 Å². The first-order valence-corrected chi connectivity index (χ1v) is 7.28. The van der Waals surface area contributed by atoms with E-state index in [0.29, 0.717) is 22.2 Å². The standard InChI is InChI=1S/C18H16N4O2/c1-24-12-8-6-11(7-9-12)16-10-14(17(23)22-18(19)20)13-4-2-3-5-15(13)21-16/h2-10H,1H3,(H4,19,20,22,23). The number of rotatable bonds is 3. The van der Waals surface area contributed by atoms with Crippen LogP contribution in [0.15, 0.2) is 54.6 Å². The van der Waals surface area contributed by atoms with E-state index in [0.717, 1.165) is 11.3 Å². The number of benzene rings is 2. The van der Waals surface area contributed by atoms with Crippen molar-refractivity contribution in [1.82, 2.24) is 10.3 Å². The third kappa shape index (κ3) is 3.03. The number of fused-ring (bicyclic) bond motifs is 1. The summed E-state index contributed by atoms with van der Waals surface area (Å²) in [5.74, 6) is -0.0863. The van der Waals surface area contributed by atoms with Crippen molar-refractivity contribution in [3.63, 3.8) is 0 Å². The number of carbonyl (C=O) groups excluding carboxylic acids is 1. The molecular weight excluding hydrogens is 304 g/mol. The minimum atomic E-state index is -0.434. The number of ether oxygens (including phenoxy) is 1. The van der Waals surface area contributed by atoms with Crippen molar-refractivity contribution in [3.05, 3.63) is 60.2 Å². The van der Waals surface area contributed by atoms with Crippen molar-refractivity contribution >= 4 is 22.8 Å². The van der Waals surface area contributed by atoms with Gasteiger partial charge in [-0.1, -0.05) is 18.2 Å². The number of nitrogens with zero attached hydrogens (tertiary/aromatic N) is 1. The molecule has 120 valence electrons. The highest BCUT2D eigenvalue weighted by Crippen LogP contribution is 2.26. The fraction of sp³-hybridized carbons (Fsp3) is 0.0556. The van der Waals surface area contributed by atoms with E-state index in [-0.39, 0.29) is 0 Å². The molecule has 0 atom stereocenters. The SMILES string of the molecule is COc1ccc(-c2cc(C(=O)NC(=N)N)c3ccccc3n2)cc1. The Bertz CT molecular complexity index is 920. The van der Waals surface area contributed by atoms with Gasteiger partial charge in [-0.3, -0.25) is 15.5 Å². The summed E-state index contributed by atoms with van der Waals surface area (Å²) in [4.78, 5) is 17.0. The van der Waals surface area contributed by atoms with Gasteiger partial charge < -0.3 is 10.5 Å². The van der Waals surface area contributed by atoms with Gasteiger partial charge in [-0.25, -0.2) is 4.98 Å². The van der Waals surface area contributed by atoms with Crippen LogP contribution in [0.5, 0.6) is 5.75 Å². The van der Waals surface area contributed by atoms with Gasteiger partial charge >= 0.3 is 0 Å². The smallest absolute Gasteiger partial charge is 0.258 e. The number of nitrogens with two attached hydrogens (primary N) is 1. The Morgan fingerprint density at radius 2 is 1.88 bits per heavy atom. The maximum Gasteiger partial charge on any atom is 0.258 e. The van der Waals surface area contributed by atoms with Crippen LogP contribution in [0.4, 0.5) is 0 Å². The molecule has 0 aliphatic heterocycles.